The largest absolute Gasteiger partial charge is 0.480 e. The lowest BCUT2D eigenvalue weighted by Crippen LogP contribution is -2.20. The monoisotopic (exact) mass is 205 g/mol. The Hall–Kier alpha value is -1.29. The summed E-state index contributed by atoms with van der Waals surface area (Å²) in [4.78, 5) is 10.1. The van der Waals surface area contributed by atoms with Crippen LogP contribution in [-0.2, 0) is 4.79 Å². The molecule has 0 fully saturated rings. The third kappa shape index (κ3) is 3.75. The minimum Gasteiger partial charge on any atom is -0.480 e. The van der Waals surface area contributed by atoms with Gasteiger partial charge in [0.2, 0.25) is 0 Å². The molecule has 13 heavy (non-hydrogen) atoms. The summed E-state index contributed by atoms with van der Waals surface area (Å²) in [7, 11) is 0. The normalized spacial score (nSPS) is 8.69. The van der Waals surface area contributed by atoms with Gasteiger partial charge in [-0.2, -0.15) is 0 Å². The molecular weight excluding hydrogens is 197 g/mol. The molecule has 0 unspecified atom stereocenters. The Bertz CT molecular complexity index is 268. The van der Waals surface area contributed by atoms with Gasteiger partial charge in [-0.3, -0.25) is 4.79 Å². The van der Waals surface area contributed by atoms with E-state index in [-0.39, 0.29) is 23.2 Å². The molecule has 1 rings (SSSR count). The van der Waals surface area contributed by atoms with E-state index in [1.807, 2.05) is 0 Å². The minimum absolute atomic E-state index is 0. The second-order valence-corrected chi connectivity index (χ2v) is 2.25. The number of carboxylic acids is 1. The molecule has 1 aromatic carbocycles. The van der Waals surface area contributed by atoms with Crippen molar-refractivity contribution < 1.29 is 14.4 Å². The topological polar surface area (TPSA) is 40.5 Å². The maximum atomic E-state index is 12.8. The quantitative estimate of drug-likeness (QED) is 0.766. The highest BCUT2D eigenvalue weighted by Crippen LogP contribution is 2.12. The highest BCUT2D eigenvalue weighted by Gasteiger charge is 2.07. The molecule has 0 aliphatic carbocycles. The second-order valence-electron chi connectivity index (χ2n) is 2.25. The number of halogens is 2. The lowest BCUT2D eigenvalue weighted by Gasteiger charge is -2.09. The number of para-hydroxylation sites is 1. The van der Waals surface area contributed by atoms with Crippen LogP contribution in [0.25, 0.3) is 0 Å². The van der Waals surface area contributed by atoms with E-state index in [4.69, 9.17) is 5.11 Å². The fourth-order valence-corrected chi connectivity index (χ4v) is 0.800. The summed E-state index contributed by atoms with van der Waals surface area (Å²) >= 11 is 0. The highest BCUT2D eigenvalue weighted by molar-refractivity contribution is 5.85. The van der Waals surface area contributed by atoms with Crippen LogP contribution in [0.1, 0.15) is 0 Å². The average Bonchev–Trinajstić information content (AvgIpc) is 2.05. The van der Waals surface area contributed by atoms with Gasteiger partial charge in [-0.1, -0.05) is 22.7 Å². The van der Waals surface area contributed by atoms with Crippen molar-refractivity contribution in [2.24, 2.45) is 0 Å². The van der Waals surface area contributed by atoms with E-state index in [1.54, 1.807) is 18.2 Å². The van der Waals surface area contributed by atoms with Crippen LogP contribution >= 0.6 is 12.4 Å². The fraction of sp³-hybridized carbons (Fsp3) is 0.125. The van der Waals surface area contributed by atoms with Gasteiger partial charge in [0.15, 0.2) is 0 Å². The van der Waals surface area contributed by atoms with Gasteiger partial charge in [0.25, 0.3) is 0 Å². The summed E-state index contributed by atoms with van der Waals surface area (Å²) in [6.07, 6.45) is 0. The van der Waals surface area contributed by atoms with E-state index < -0.39 is 12.5 Å². The summed E-state index contributed by atoms with van der Waals surface area (Å²) in [5, 5.41) is 8.45. The van der Waals surface area contributed by atoms with Crippen molar-refractivity contribution >= 4 is 24.1 Å². The van der Waals surface area contributed by atoms with E-state index in [0.29, 0.717) is 0 Å². The van der Waals surface area contributed by atoms with Crippen molar-refractivity contribution in [1.82, 2.24) is 0 Å². The molecular formula is C8H9ClFNO2. The molecule has 0 radical (unpaired) electrons. The van der Waals surface area contributed by atoms with Gasteiger partial charge in [-0.15, -0.1) is 12.4 Å². The van der Waals surface area contributed by atoms with E-state index >= 15 is 0 Å². The third-order valence-corrected chi connectivity index (χ3v) is 1.31. The van der Waals surface area contributed by atoms with Crippen LogP contribution < -0.4 is 5.12 Å². The molecule has 0 heterocycles. The first-order valence-electron chi connectivity index (χ1n) is 3.40. The van der Waals surface area contributed by atoms with Gasteiger partial charge in [0.1, 0.15) is 6.54 Å². The molecule has 0 saturated carbocycles. The summed E-state index contributed by atoms with van der Waals surface area (Å²) in [6, 6.07) is 8.03. The summed E-state index contributed by atoms with van der Waals surface area (Å²) < 4.78 is 12.8. The number of anilines is 1. The number of nitrogens with zero attached hydrogens (tertiary/aromatic N) is 1. The molecule has 0 amide bonds. The molecule has 0 spiro atoms. The number of carbonyl (C=O) groups is 1. The minimum atomic E-state index is -1.19. The number of hydrogen-bond donors (Lipinski definition) is 1. The van der Waals surface area contributed by atoms with Crippen molar-refractivity contribution in [2.45, 2.75) is 0 Å². The molecule has 72 valence electrons. The summed E-state index contributed by atoms with van der Waals surface area (Å²) in [5.41, 5.74) is 0.250. The van der Waals surface area contributed by atoms with Crippen LogP contribution in [0.15, 0.2) is 30.3 Å². The van der Waals surface area contributed by atoms with Crippen molar-refractivity contribution in [3.05, 3.63) is 30.3 Å². The Morgan fingerprint density at radius 1 is 1.38 bits per heavy atom. The fourth-order valence-electron chi connectivity index (χ4n) is 0.800. The molecule has 0 aliphatic rings. The maximum absolute atomic E-state index is 12.8. The van der Waals surface area contributed by atoms with Gasteiger partial charge in [-0.05, 0) is 12.1 Å². The summed E-state index contributed by atoms with van der Waals surface area (Å²) in [6.45, 7) is -0.635. The van der Waals surface area contributed by atoms with Gasteiger partial charge >= 0.3 is 5.97 Å². The average molecular weight is 206 g/mol. The third-order valence-electron chi connectivity index (χ3n) is 1.31. The van der Waals surface area contributed by atoms with Crippen LogP contribution in [-0.4, -0.2) is 17.6 Å². The van der Waals surface area contributed by atoms with Gasteiger partial charge < -0.3 is 5.11 Å². The van der Waals surface area contributed by atoms with Crippen LogP contribution in [0.5, 0.6) is 0 Å². The van der Waals surface area contributed by atoms with Crippen molar-refractivity contribution in [3.8, 4) is 0 Å². The Morgan fingerprint density at radius 3 is 2.38 bits per heavy atom. The van der Waals surface area contributed by atoms with Crippen LogP contribution in [0.2, 0.25) is 0 Å². The zero-order chi connectivity index (χ0) is 8.97. The van der Waals surface area contributed by atoms with E-state index in [0.717, 1.165) is 0 Å². The molecule has 0 aromatic heterocycles. The predicted molar refractivity (Wildman–Crippen MR) is 49.8 cm³/mol. The van der Waals surface area contributed by atoms with E-state index in [9.17, 15) is 9.28 Å². The van der Waals surface area contributed by atoms with Gasteiger partial charge in [-0.25, -0.2) is 5.12 Å². The van der Waals surface area contributed by atoms with Crippen molar-refractivity contribution in [3.63, 3.8) is 0 Å². The number of rotatable bonds is 3. The molecule has 0 bridgehead atoms. The maximum Gasteiger partial charge on any atom is 0.326 e. The Labute approximate surface area is 81.1 Å². The van der Waals surface area contributed by atoms with Gasteiger partial charge in [0, 0.05) is 0 Å². The first-order chi connectivity index (χ1) is 5.70. The number of benzene rings is 1. The molecule has 0 aliphatic heterocycles. The molecule has 5 heteroatoms. The Balaban J connectivity index is 0.00000144. The lowest BCUT2D eigenvalue weighted by atomic mass is 10.3. The SMILES string of the molecule is Cl.O=C(O)CN(F)c1ccccc1. The van der Waals surface area contributed by atoms with Crippen LogP contribution in [0, 0.1) is 0 Å². The number of carboxylic acid groups (broad SMARTS) is 1. The van der Waals surface area contributed by atoms with Crippen LogP contribution in [0.4, 0.5) is 10.2 Å². The molecule has 1 N–H and O–H groups in total. The smallest absolute Gasteiger partial charge is 0.326 e. The summed E-state index contributed by atoms with van der Waals surface area (Å²) in [5.74, 6) is -1.19. The molecule has 0 atom stereocenters. The zero-order valence-corrected chi connectivity index (χ0v) is 7.50. The zero-order valence-electron chi connectivity index (χ0n) is 6.68. The Kier molecular flexibility index (Phi) is 4.84. The number of aliphatic carboxylic acids is 1. The first-order valence-corrected chi connectivity index (χ1v) is 3.40. The second kappa shape index (κ2) is 5.37. The lowest BCUT2D eigenvalue weighted by molar-refractivity contribution is -0.135. The van der Waals surface area contributed by atoms with E-state index in [1.165, 1.54) is 12.1 Å². The first kappa shape index (κ1) is 11.7. The highest BCUT2D eigenvalue weighted by atomic mass is 35.5. The van der Waals surface area contributed by atoms with Gasteiger partial charge in [0.05, 0.1) is 5.69 Å². The molecule has 1 aromatic rings. The van der Waals surface area contributed by atoms with Crippen LogP contribution in [0.3, 0.4) is 0 Å². The van der Waals surface area contributed by atoms with E-state index in [2.05, 4.69) is 0 Å². The predicted octanol–water partition coefficient (Wildman–Crippen LogP) is 1.88. The molecule has 0 saturated heterocycles. The molecule has 3 nitrogen and oxygen atoms in total. The van der Waals surface area contributed by atoms with Crippen molar-refractivity contribution in [2.75, 3.05) is 11.7 Å². The standard InChI is InChI=1S/C8H8FNO2.ClH/c9-10(6-8(11)12)7-4-2-1-3-5-7;/h1-5H,6H2,(H,11,12);1H. The van der Waals surface area contributed by atoms with Crippen molar-refractivity contribution in [1.29, 1.82) is 0 Å². The Morgan fingerprint density at radius 2 is 1.92 bits per heavy atom. The number of hydrogen-bond acceptors (Lipinski definition) is 2.